The molecule has 30 heavy (non-hydrogen) atoms. The summed E-state index contributed by atoms with van der Waals surface area (Å²) in [6.07, 6.45) is 1.93. The number of nitrogens with one attached hydrogen (secondary N) is 2. The zero-order chi connectivity index (χ0) is 21.8. The van der Waals surface area contributed by atoms with Crippen molar-refractivity contribution in [2.45, 2.75) is 26.3 Å². The lowest BCUT2D eigenvalue weighted by atomic mass is 10.0. The molecule has 0 fully saturated rings. The summed E-state index contributed by atoms with van der Waals surface area (Å²) < 4.78 is 0. The number of hydrogen-bond acceptors (Lipinski definition) is 6. The fraction of sp³-hybridized carbons (Fsp3) is 0.261. The quantitative estimate of drug-likeness (QED) is 0.392. The number of anilines is 3. The molecule has 0 unspecified atom stereocenters. The van der Waals surface area contributed by atoms with Gasteiger partial charge in [-0.2, -0.15) is 0 Å². The Kier molecular flexibility index (Phi) is 6.20. The summed E-state index contributed by atoms with van der Waals surface area (Å²) in [5.41, 5.74) is 1.52. The standard InChI is InChI=1S/C23H25N3O4/c1-4-8-14-9-5-6-10-15(14)13-24-18-19(22(29)21(18)28)25-17-12-7-11-16(20(17)27)23(30)26(2)3/h5-7,9-12,24-25,27H,4,8,13H2,1-3H3. The average molecular weight is 407 g/mol. The van der Waals surface area contributed by atoms with Crippen LogP contribution in [0.1, 0.15) is 34.8 Å². The van der Waals surface area contributed by atoms with Gasteiger partial charge in [-0.1, -0.05) is 43.7 Å². The summed E-state index contributed by atoms with van der Waals surface area (Å²) in [6.45, 7) is 2.51. The summed E-state index contributed by atoms with van der Waals surface area (Å²) in [4.78, 5) is 37.8. The first-order chi connectivity index (χ1) is 14.3. The fourth-order valence-corrected chi connectivity index (χ4v) is 3.30. The van der Waals surface area contributed by atoms with Crippen LogP contribution < -0.4 is 21.5 Å². The van der Waals surface area contributed by atoms with Gasteiger partial charge in [0.2, 0.25) is 0 Å². The third-order valence-corrected chi connectivity index (χ3v) is 4.94. The number of hydrogen-bond donors (Lipinski definition) is 3. The van der Waals surface area contributed by atoms with Gasteiger partial charge in [-0.15, -0.1) is 0 Å². The highest BCUT2D eigenvalue weighted by Crippen LogP contribution is 2.32. The number of phenols is 1. The van der Waals surface area contributed by atoms with Crippen LogP contribution in [0.4, 0.5) is 17.1 Å². The highest BCUT2D eigenvalue weighted by Gasteiger charge is 2.23. The number of carbonyl (C=O) groups excluding carboxylic acids is 1. The van der Waals surface area contributed by atoms with Gasteiger partial charge in [0, 0.05) is 20.6 Å². The summed E-state index contributed by atoms with van der Waals surface area (Å²) in [6, 6.07) is 12.6. The van der Waals surface area contributed by atoms with E-state index in [9.17, 15) is 19.5 Å². The van der Waals surface area contributed by atoms with Gasteiger partial charge in [-0.05, 0) is 29.7 Å². The Bertz CT molecular complexity index is 1140. The van der Waals surface area contributed by atoms with Crippen molar-refractivity contribution < 1.29 is 9.90 Å². The molecular weight excluding hydrogens is 382 g/mol. The molecular formula is C23H25N3O4. The Labute approximate surface area is 174 Å². The number of carbonyl (C=O) groups is 1. The maximum Gasteiger partial charge on any atom is 0.257 e. The van der Waals surface area contributed by atoms with E-state index in [1.807, 2.05) is 24.3 Å². The van der Waals surface area contributed by atoms with E-state index >= 15 is 0 Å². The molecule has 7 heteroatoms. The number of aryl methyl sites for hydroxylation is 1. The molecule has 0 atom stereocenters. The van der Waals surface area contributed by atoms with Gasteiger partial charge in [-0.3, -0.25) is 14.4 Å². The number of amides is 1. The number of nitrogens with zero attached hydrogens (tertiary/aromatic N) is 1. The van der Waals surface area contributed by atoms with Crippen molar-refractivity contribution in [2.24, 2.45) is 0 Å². The van der Waals surface area contributed by atoms with Crippen LogP contribution >= 0.6 is 0 Å². The smallest absolute Gasteiger partial charge is 0.257 e. The van der Waals surface area contributed by atoms with E-state index in [1.165, 1.54) is 16.5 Å². The minimum atomic E-state index is -0.664. The molecule has 1 amide bonds. The van der Waals surface area contributed by atoms with Gasteiger partial charge in [0.1, 0.15) is 11.4 Å². The largest absolute Gasteiger partial charge is 0.505 e. The van der Waals surface area contributed by atoms with Crippen molar-refractivity contribution in [3.8, 4) is 5.75 Å². The summed E-state index contributed by atoms with van der Waals surface area (Å²) in [5.74, 6) is -0.643. The third-order valence-electron chi connectivity index (χ3n) is 4.94. The molecule has 7 nitrogen and oxygen atoms in total. The molecule has 0 aliphatic rings. The Morgan fingerprint density at radius 1 is 0.967 bits per heavy atom. The topological polar surface area (TPSA) is 98.7 Å². The molecule has 0 saturated heterocycles. The van der Waals surface area contributed by atoms with Crippen LogP contribution in [0.2, 0.25) is 0 Å². The molecule has 0 radical (unpaired) electrons. The number of para-hydroxylation sites is 1. The Balaban J connectivity index is 1.83. The van der Waals surface area contributed by atoms with Gasteiger partial charge in [-0.25, -0.2) is 0 Å². The summed E-state index contributed by atoms with van der Waals surface area (Å²) >= 11 is 0. The lowest BCUT2D eigenvalue weighted by molar-refractivity contribution is 0.0824. The fourth-order valence-electron chi connectivity index (χ4n) is 3.30. The molecule has 0 aliphatic heterocycles. The number of phenolic OH excluding ortho intramolecular Hbond substituents is 1. The predicted molar refractivity (Wildman–Crippen MR) is 119 cm³/mol. The Morgan fingerprint density at radius 3 is 2.30 bits per heavy atom. The normalized spacial score (nSPS) is 10.8. The minimum absolute atomic E-state index is 0.0812. The van der Waals surface area contributed by atoms with Crippen molar-refractivity contribution in [1.82, 2.24) is 4.90 Å². The Hall–Kier alpha value is -3.61. The molecule has 3 N–H and O–H groups in total. The molecule has 3 rings (SSSR count). The van der Waals surface area contributed by atoms with Gasteiger partial charge in [0.25, 0.3) is 16.8 Å². The second kappa shape index (κ2) is 8.82. The van der Waals surface area contributed by atoms with Crippen LogP contribution in [0.3, 0.4) is 0 Å². The second-order valence-electron chi connectivity index (χ2n) is 7.31. The first-order valence-electron chi connectivity index (χ1n) is 9.79. The molecule has 0 aromatic heterocycles. The molecule has 0 aliphatic carbocycles. The van der Waals surface area contributed by atoms with Crippen LogP contribution in [0.5, 0.6) is 5.75 Å². The van der Waals surface area contributed by atoms with Crippen LogP contribution in [-0.4, -0.2) is 30.0 Å². The zero-order valence-corrected chi connectivity index (χ0v) is 17.3. The minimum Gasteiger partial charge on any atom is -0.505 e. The summed E-state index contributed by atoms with van der Waals surface area (Å²) in [5, 5.41) is 16.3. The molecule has 3 aromatic carbocycles. The van der Waals surface area contributed by atoms with E-state index in [0.29, 0.717) is 6.54 Å². The van der Waals surface area contributed by atoms with E-state index in [4.69, 9.17) is 0 Å². The van der Waals surface area contributed by atoms with Crippen molar-refractivity contribution in [1.29, 1.82) is 0 Å². The lowest BCUT2D eigenvalue weighted by Gasteiger charge is -2.18. The molecule has 0 bridgehead atoms. The maximum atomic E-state index is 12.2. The molecule has 3 aromatic rings. The number of aromatic hydroxyl groups is 1. The van der Waals surface area contributed by atoms with Crippen LogP contribution in [0.25, 0.3) is 0 Å². The third kappa shape index (κ3) is 4.05. The van der Waals surface area contributed by atoms with Crippen molar-refractivity contribution in [3.05, 3.63) is 79.6 Å². The van der Waals surface area contributed by atoms with E-state index in [0.717, 1.165) is 18.4 Å². The van der Waals surface area contributed by atoms with Crippen molar-refractivity contribution in [3.63, 3.8) is 0 Å². The molecule has 0 spiro atoms. The van der Waals surface area contributed by atoms with Gasteiger partial charge in [0.15, 0.2) is 5.75 Å². The number of benzene rings is 2. The van der Waals surface area contributed by atoms with E-state index in [-0.39, 0.29) is 34.3 Å². The van der Waals surface area contributed by atoms with Gasteiger partial charge >= 0.3 is 0 Å². The SMILES string of the molecule is CCCc1ccccc1CNc1c(Nc2cccc(C(=O)N(C)C)c2O)c(=O)c1=O. The van der Waals surface area contributed by atoms with E-state index < -0.39 is 10.9 Å². The van der Waals surface area contributed by atoms with Gasteiger partial charge < -0.3 is 20.6 Å². The highest BCUT2D eigenvalue weighted by molar-refractivity contribution is 5.99. The first-order valence-corrected chi connectivity index (χ1v) is 9.79. The van der Waals surface area contributed by atoms with E-state index in [1.54, 1.807) is 26.2 Å². The maximum absolute atomic E-state index is 12.2. The average Bonchev–Trinajstić information content (AvgIpc) is 2.74. The molecule has 0 saturated carbocycles. The van der Waals surface area contributed by atoms with E-state index in [2.05, 4.69) is 17.6 Å². The monoisotopic (exact) mass is 407 g/mol. The summed E-state index contributed by atoms with van der Waals surface area (Å²) in [7, 11) is 3.16. The molecule has 0 heterocycles. The first kappa shape index (κ1) is 21.1. The van der Waals surface area contributed by atoms with Crippen LogP contribution in [0.15, 0.2) is 52.1 Å². The van der Waals surface area contributed by atoms with Gasteiger partial charge in [0.05, 0.1) is 11.3 Å². The highest BCUT2D eigenvalue weighted by atomic mass is 16.3. The predicted octanol–water partition coefficient (Wildman–Crippen LogP) is 3.00. The molecule has 156 valence electrons. The van der Waals surface area contributed by atoms with Crippen molar-refractivity contribution >= 4 is 23.0 Å². The van der Waals surface area contributed by atoms with Crippen LogP contribution in [0, 0.1) is 0 Å². The zero-order valence-electron chi connectivity index (χ0n) is 17.3. The lowest BCUT2D eigenvalue weighted by Crippen LogP contribution is -2.36. The van der Waals surface area contributed by atoms with Crippen molar-refractivity contribution in [2.75, 3.05) is 24.7 Å². The second-order valence-corrected chi connectivity index (χ2v) is 7.31. The number of rotatable bonds is 8. The van der Waals surface area contributed by atoms with Crippen LogP contribution in [-0.2, 0) is 13.0 Å². The Morgan fingerprint density at radius 2 is 1.63 bits per heavy atom.